The minimum absolute atomic E-state index is 0.114. The lowest BCUT2D eigenvalue weighted by Crippen LogP contribution is -2.13. The summed E-state index contributed by atoms with van der Waals surface area (Å²) < 4.78 is 11.6. The number of nitrogens with one attached hydrogen (secondary N) is 1. The van der Waals surface area contributed by atoms with Gasteiger partial charge < -0.3 is 9.88 Å². The van der Waals surface area contributed by atoms with Crippen molar-refractivity contribution in [1.29, 1.82) is 5.26 Å². The Balaban J connectivity index is 1.02. The molecule has 0 aliphatic carbocycles. The second-order valence-corrected chi connectivity index (χ2v) is 31.2. The first kappa shape index (κ1) is 64.4. The van der Waals surface area contributed by atoms with E-state index in [0.29, 0.717) is 5.56 Å². The third-order valence-electron chi connectivity index (χ3n) is 21.6. The average Bonchev–Trinajstić information content (AvgIpc) is 1.51. The molecule has 0 spiro atoms. The first-order valence-electron chi connectivity index (χ1n) is 36.1. The summed E-state index contributed by atoms with van der Waals surface area (Å²) in [5.41, 5.74) is 28.6. The van der Waals surface area contributed by atoms with Crippen LogP contribution in [0.1, 0.15) is 111 Å². The van der Waals surface area contributed by atoms with Crippen molar-refractivity contribution in [1.82, 2.24) is 32.5 Å². The molecule has 17 rings (SSSR count). The van der Waals surface area contributed by atoms with E-state index in [4.69, 9.17) is 9.97 Å². The molecule has 17 aromatic rings. The molecule has 0 radical (unpaired) electrons. The van der Waals surface area contributed by atoms with Gasteiger partial charge in [-0.25, -0.2) is 9.97 Å². The van der Waals surface area contributed by atoms with Crippen LogP contribution >= 0.6 is 0 Å². The molecular weight excluding hydrogens is 1260 g/mol. The molecule has 12 aromatic carbocycles. The van der Waals surface area contributed by atoms with E-state index in [9.17, 15) is 5.26 Å². The van der Waals surface area contributed by atoms with Crippen molar-refractivity contribution >= 4 is 88.9 Å². The van der Waals surface area contributed by atoms with Crippen LogP contribution in [0.5, 0.6) is 0 Å². The fraction of sp³-hybridized carbons (Fsp3) is 0.181. The molecule has 0 saturated carbocycles. The Morgan fingerprint density at radius 2 is 0.835 bits per heavy atom. The lowest BCUT2D eigenvalue weighted by Gasteiger charge is -2.26. The van der Waals surface area contributed by atoms with Gasteiger partial charge in [0.1, 0.15) is 6.07 Å². The van der Waals surface area contributed by atoms with Crippen molar-refractivity contribution in [3.8, 4) is 67.6 Å². The third kappa shape index (κ3) is 10.9. The van der Waals surface area contributed by atoms with Crippen molar-refractivity contribution < 1.29 is 0 Å². The summed E-state index contributed by atoms with van der Waals surface area (Å²) >= 11 is 0. The average molecular weight is 1340 g/mol. The van der Waals surface area contributed by atoms with E-state index in [1.54, 1.807) is 0 Å². The number of anilines is 2. The number of fused-ring (bicyclic) bond motifs is 13. The van der Waals surface area contributed by atoms with Gasteiger partial charge in [0, 0.05) is 44.6 Å². The molecule has 0 saturated heterocycles. The highest BCUT2D eigenvalue weighted by Crippen LogP contribution is 2.49. The van der Waals surface area contributed by atoms with E-state index in [1.807, 2.05) is 0 Å². The molecule has 0 fully saturated rings. The summed E-state index contributed by atoms with van der Waals surface area (Å²) in [4.78, 5) is 11.1. The molecule has 1 N–H and O–H groups in total. The number of hydrogen-bond donors (Lipinski definition) is 1. The van der Waals surface area contributed by atoms with Crippen LogP contribution in [0, 0.1) is 17.2 Å². The molecule has 0 bridgehead atoms. The predicted octanol–water partition coefficient (Wildman–Crippen LogP) is 24.6. The summed E-state index contributed by atoms with van der Waals surface area (Å²) in [5, 5.41) is 19.5. The molecule has 9 heteroatoms. The van der Waals surface area contributed by atoms with Gasteiger partial charge in [0.25, 0.3) is 0 Å². The Morgan fingerprint density at radius 3 is 1.29 bits per heavy atom. The number of para-hydroxylation sites is 2. The standard InChI is InChI=1S/C94H83N9/c1-13-58(2)59(3)48-66-49-67(92(4,5)6)38-43-75(66)96-78-56-87(101-79-46-39-68(93(7,8)9)54-72(79)73-55-69(94(10,11)12)40-47-80(73)101)89(65-35-42-77-84(53-65)103-86-51-63(61-28-20-15-21-29-61)37-45-82(86)100(91(103)98-77)71-32-24-17-25-33-71)74(57-95)88(78)64-34-41-76-83(52-64)102-85-50-62(60-26-18-14-19-27-60)36-44-81(85)99(90(102)97-76)70-30-22-16-23-31-70/h13-47,49-56,59,96H,48H2,1-12H3/b58-13-/t59-/m1/s1. The van der Waals surface area contributed by atoms with Crippen molar-refractivity contribution in [2.75, 3.05) is 5.32 Å². The SMILES string of the molecule is C/C=C(/C)[C@H](C)Cc1cc(C(C)(C)C)ccc1Nc1cc(-n2c3ccc(C(C)(C)C)cc3c3cc(C(C)(C)C)ccc32)c(-c2ccc3nc4n(-c5ccccc5)c5ccc(-c6ccccc6)cc5n4c3c2)c(C#N)c1-c1ccc2nc3n(-c4ccccc4)c4ccc(-c5ccccc5)cc4n3c2c1. The van der Waals surface area contributed by atoms with Gasteiger partial charge >= 0.3 is 0 Å². The molecule has 0 unspecified atom stereocenters. The zero-order chi connectivity index (χ0) is 71.0. The number of nitrogens with zero attached hydrogens (tertiary/aromatic N) is 8. The smallest absolute Gasteiger partial charge is 0.220 e. The Labute approximate surface area is 601 Å². The zero-order valence-electron chi connectivity index (χ0n) is 60.7. The van der Waals surface area contributed by atoms with Crippen LogP contribution in [0.4, 0.5) is 11.4 Å². The van der Waals surface area contributed by atoms with Crippen LogP contribution in [0.15, 0.2) is 266 Å². The molecule has 9 nitrogen and oxygen atoms in total. The van der Waals surface area contributed by atoms with Crippen molar-refractivity contribution in [2.24, 2.45) is 5.92 Å². The summed E-state index contributed by atoms with van der Waals surface area (Å²) in [7, 11) is 0. The number of imidazole rings is 4. The molecule has 5 aromatic heterocycles. The molecule has 5 heterocycles. The van der Waals surface area contributed by atoms with Gasteiger partial charge in [0.15, 0.2) is 0 Å². The van der Waals surface area contributed by atoms with Crippen LogP contribution in [0.3, 0.4) is 0 Å². The highest BCUT2D eigenvalue weighted by molar-refractivity contribution is 6.12. The molecule has 504 valence electrons. The number of rotatable bonds is 12. The van der Waals surface area contributed by atoms with Crippen molar-refractivity contribution in [2.45, 2.75) is 106 Å². The van der Waals surface area contributed by atoms with Gasteiger partial charge in [-0.1, -0.05) is 226 Å². The van der Waals surface area contributed by atoms with E-state index >= 15 is 0 Å². The molecule has 0 aliphatic heterocycles. The first-order chi connectivity index (χ1) is 49.7. The minimum atomic E-state index is -0.133. The van der Waals surface area contributed by atoms with Gasteiger partial charge in [-0.3, -0.25) is 17.9 Å². The lowest BCUT2D eigenvalue weighted by molar-refractivity contribution is 0.587. The Morgan fingerprint density at radius 1 is 0.417 bits per heavy atom. The Hall–Kier alpha value is -12.0. The maximum Gasteiger partial charge on any atom is 0.220 e. The third-order valence-corrected chi connectivity index (χ3v) is 21.6. The van der Waals surface area contributed by atoms with Gasteiger partial charge in [-0.15, -0.1) is 0 Å². The molecule has 0 aliphatic rings. The fourth-order valence-electron chi connectivity index (χ4n) is 15.6. The highest BCUT2D eigenvalue weighted by Gasteiger charge is 2.30. The summed E-state index contributed by atoms with van der Waals surface area (Å²) in [5.74, 6) is 1.84. The monoisotopic (exact) mass is 1340 g/mol. The highest BCUT2D eigenvalue weighted by atomic mass is 15.2. The van der Waals surface area contributed by atoms with Crippen LogP contribution in [-0.2, 0) is 22.7 Å². The number of nitriles is 1. The van der Waals surface area contributed by atoms with Crippen LogP contribution < -0.4 is 5.32 Å². The lowest BCUT2D eigenvalue weighted by atomic mass is 9.84. The van der Waals surface area contributed by atoms with Gasteiger partial charge in [-0.2, -0.15) is 5.26 Å². The zero-order valence-corrected chi connectivity index (χ0v) is 60.7. The van der Waals surface area contributed by atoms with E-state index in [2.05, 4.69) is 378 Å². The van der Waals surface area contributed by atoms with Gasteiger partial charge in [-0.05, 0) is 207 Å². The van der Waals surface area contributed by atoms with Gasteiger partial charge in [0.05, 0.1) is 66.4 Å². The second-order valence-electron chi connectivity index (χ2n) is 31.2. The molecule has 103 heavy (non-hydrogen) atoms. The predicted molar refractivity (Wildman–Crippen MR) is 432 cm³/mol. The van der Waals surface area contributed by atoms with Crippen LogP contribution in [0.25, 0.3) is 139 Å². The second kappa shape index (κ2) is 24.4. The number of allylic oxidation sites excluding steroid dienone is 2. The van der Waals surface area contributed by atoms with E-state index in [1.165, 1.54) is 27.8 Å². The van der Waals surface area contributed by atoms with Crippen molar-refractivity contribution in [3.05, 3.63) is 294 Å². The fourth-order valence-corrected chi connectivity index (χ4v) is 15.6. The van der Waals surface area contributed by atoms with Crippen molar-refractivity contribution in [3.63, 3.8) is 0 Å². The largest absolute Gasteiger partial charge is 0.355 e. The molecule has 1 atom stereocenters. The maximum atomic E-state index is 13.0. The summed E-state index contributed by atoms with van der Waals surface area (Å²) in [6.07, 6.45) is 3.05. The normalized spacial score (nSPS) is 12.9. The Kier molecular flexibility index (Phi) is 15.2. The van der Waals surface area contributed by atoms with Crippen LogP contribution in [-0.4, -0.2) is 32.5 Å². The summed E-state index contributed by atoms with van der Waals surface area (Å²) in [6.45, 7) is 27.4. The summed E-state index contributed by atoms with van der Waals surface area (Å²) in [6, 6.07) is 95.5. The number of benzene rings is 12. The Bertz CT molecular complexity index is 6250. The van der Waals surface area contributed by atoms with Crippen LogP contribution in [0.2, 0.25) is 0 Å². The number of hydrogen-bond acceptors (Lipinski definition) is 4. The quantitative estimate of drug-likeness (QED) is 0.124. The minimum Gasteiger partial charge on any atom is -0.355 e. The first-order valence-corrected chi connectivity index (χ1v) is 36.1. The van der Waals surface area contributed by atoms with E-state index < -0.39 is 0 Å². The molecule has 0 amide bonds. The van der Waals surface area contributed by atoms with E-state index in [0.717, 1.165) is 157 Å². The molecular formula is C94H83N9. The topological polar surface area (TPSA) is 85.2 Å². The van der Waals surface area contributed by atoms with E-state index in [-0.39, 0.29) is 22.2 Å². The van der Waals surface area contributed by atoms with Gasteiger partial charge in [0.2, 0.25) is 11.6 Å². The number of aromatic nitrogens is 7. The maximum absolute atomic E-state index is 13.0.